The molecule has 1 spiro atoms. The first-order valence-electron chi connectivity index (χ1n) is 9.17. The van der Waals surface area contributed by atoms with E-state index in [9.17, 15) is 9.59 Å². The third kappa shape index (κ3) is 3.41. The first-order chi connectivity index (χ1) is 12.5. The van der Waals surface area contributed by atoms with E-state index in [1.54, 1.807) is 4.90 Å². The Morgan fingerprint density at radius 1 is 1.23 bits per heavy atom. The standard InChI is InChI=1S/C19H24N2O5/c1-13(22)20-11-17-12-21(18(23)26-17)16-3-2-14-4-6-19(24-8-9-25-19)7-5-15(14)10-16/h2-3,10,17H,4-9,11-12H2,1H3,(H,20,22)/t17-/m0/s1. The fraction of sp³-hybridized carbons (Fsp3) is 0.579. The van der Waals surface area contributed by atoms with Crippen molar-refractivity contribution in [3.8, 4) is 0 Å². The van der Waals surface area contributed by atoms with Gasteiger partial charge in [-0.1, -0.05) is 6.07 Å². The van der Waals surface area contributed by atoms with E-state index in [1.807, 2.05) is 6.07 Å². The molecule has 2 amide bonds. The Bertz CT molecular complexity index is 714. The van der Waals surface area contributed by atoms with Crippen LogP contribution in [0, 0.1) is 0 Å². The molecule has 0 saturated carbocycles. The number of aryl methyl sites for hydroxylation is 2. The molecule has 0 aromatic heterocycles. The zero-order valence-corrected chi connectivity index (χ0v) is 15.0. The number of nitrogens with zero attached hydrogens (tertiary/aromatic N) is 1. The number of hydrogen-bond acceptors (Lipinski definition) is 5. The average molecular weight is 360 g/mol. The lowest BCUT2D eigenvalue weighted by Gasteiger charge is -2.25. The predicted octanol–water partition coefficient (Wildman–Crippen LogP) is 1.77. The highest BCUT2D eigenvalue weighted by molar-refractivity contribution is 5.90. The summed E-state index contributed by atoms with van der Waals surface area (Å²) in [4.78, 5) is 24.9. The van der Waals surface area contributed by atoms with Crippen molar-refractivity contribution in [3.05, 3.63) is 29.3 Å². The van der Waals surface area contributed by atoms with Crippen LogP contribution >= 0.6 is 0 Å². The Labute approximate surface area is 152 Å². The van der Waals surface area contributed by atoms with Gasteiger partial charge in [0.2, 0.25) is 5.91 Å². The van der Waals surface area contributed by atoms with Crippen LogP contribution in [-0.4, -0.2) is 50.2 Å². The first-order valence-corrected chi connectivity index (χ1v) is 9.17. The van der Waals surface area contributed by atoms with Crippen molar-refractivity contribution in [1.29, 1.82) is 0 Å². The SMILES string of the molecule is CC(=O)NC[C@H]1CN(c2ccc3c(c2)CCC2(CC3)OCCO2)C(=O)O1. The van der Waals surface area contributed by atoms with Crippen LogP contribution < -0.4 is 10.2 Å². The normalized spacial score (nSPS) is 24.3. The lowest BCUT2D eigenvalue weighted by Crippen LogP contribution is -2.33. The minimum Gasteiger partial charge on any atom is -0.442 e. The summed E-state index contributed by atoms with van der Waals surface area (Å²) in [7, 11) is 0. The molecule has 2 aliphatic heterocycles. The van der Waals surface area contributed by atoms with Crippen LogP contribution in [0.15, 0.2) is 18.2 Å². The number of anilines is 1. The smallest absolute Gasteiger partial charge is 0.414 e. The van der Waals surface area contributed by atoms with Crippen LogP contribution in [0.25, 0.3) is 0 Å². The molecule has 2 fully saturated rings. The molecule has 1 aromatic rings. The number of fused-ring (bicyclic) bond motifs is 1. The van der Waals surface area contributed by atoms with Gasteiger partial charge in [-0.2, -0.15) is 0 Å². The van der Waals surface area contributed by atoms with E-state index in [2.05, 4.69) is 17.4 Å². The number of rotatable bonds is 3. The Kier molecular flexibility index (Phi) is 4.58. The summed E-state index contributed by atoms with van der Waals surface area (Å²) in [6, 6.07) is 6.13. The fourth-order valence-corrected chi connectivity index (χ4v) is 3.91. The van der Waals surface area contributed by atoms with Gasteiger partial charge in [0.15, 0.2) is 5.79 Å². The lowest BCUT2D eigenvalue weighted by molar-refractivity contribution is -0.164. The number of carbonyl (C=O) groups is 2. The minimum atomic E-state index is -0.435. The molecule has 1 N–H and O–H groups in total. The molecule has 2 heterocycles. The molecule has 1 aliphatic carbocycles. The van der Waals surface area contributed by atoms with Crippen LogP contribution in [0.2, 0.25) is 0 Å². The van der Waals surface area contributed by atoms with Crippen LogP contribution in [0.5, 0.6) is 0 Å². The van der Waals surface area contributed by atoms with E-state index >= 15 is 0 Å². The Balaban J connectivity index is 1.47. The average Bonchev–Trinajstić information content (AvgIpc) is 3.19. The molecule has 7 heteroatoms. The van der Waals surface area contributed by atoms with Gasteiger partial charge in [0, 0.05) is 25.5 Å². The maximum absolute atomic E-state index is 12.2. The molecule has 140 valence electrons. The maximum atomic E-state index is 12.2. The second kappa shape index (κ2) is 6.89. The summed E-state index contributed by atoms with van der Waals surface area (Å²) in [5.41, 5.74) is 3.35. The van der Waals surface area contributed by atoms with Gasteiger partial charge in [0.25, 0.3) is 0 Å². The first kappa shape index (κ1) is 17.3. The van der Waals surface area contributed by atoms with Crippen molar-refractivity contribution in [3.63, 3.8) is 0 Å². The van der Waals surface area contributed by atoms with E-state index in [4.69, 9.17) is 14.2 Å². The van der Waals surface area contributed by atoms with Crippen LogP contribution in [0.3, 0.4) is 0 Å². The molecule has 7 nitrogen and oxygen atoms in total. The Hall–Kier alpha value is -2.12. The molecule has 3 aliphatic rings. The summed E-state index contributed by atoms with van der Waals surface area (Å²) >= 11 is 0. The predicted molar refractivity (Wildman–Crippen MR) is 94.0 cm³/mol. The van der Waals surface area contributed by atoms with Crippen LogP contribution in [0.1, 0.15) is 30.9 Å². The molecule has 0 bridgehead atoms. The molecule has 26 heavy (non-hydrogen) atoms. The lowest BCUT2D eigenvalue weighted by atomic mass is 10.0. The van der Waals surface area contributed by atoms with Gasteiger partial charge < -0.3 is 19.5 Å². The van der Waals surface area contributed by atoms with Gasteiger partial charge in [0.1, 0.15) is 6.10 Å². The second-order valence-electron chi connectivity index (χ2n) is 7.11. The van der Waals surface area contributed by atoms with Gasteiger partial charge >= 0.3 is 6.09 Å². The number of ether oxygens (including phenoxy) is 3. The number of carbonyl (C=O) groups excluding carboxylic acids is 2. The van der Waals surface area contributed by atoms with Crippen molar-refractivity contribution >= 4 is 17.7 Å². The number of amides is 2. The maximum Gasteiger partial charge on any atom is 0.414 e. The number of hydrogen-bond donors (Lipinski definition) is 1. The number of nitrogens with one attached hydrogen (secondary N) is 1. The van der Waals surface area contributed by atoms with Crippen LogP contribution in [0.4, 0.5) is 10.5 Å². The molecule has 0 radical (unpaired) electrons. The van der Waals surface area contributed by atoms with Gasteiger partial charge in [0.05, 0.1) is 26.3 Å². The molecular weight excluding hydrogens is 336 g/mol. The number of benzene rings is 1. The number of cyclic esters (lactones) is 1. The summed E-state index contributed by atoms with van der Waals surface area (Å²) in [6.07, 6.45) is 2.77. The summed E-state index contributed by atoms with van der Waals surface area (Å²) in [5.74, 6) is -0.565. The zero-order chi connectivity index (χ0) is 18.1. The van der Waals surface area contributed by atoms with Gasteiger partial charge in [-0.3, -0.25) is 9.69 Å². The summed E-state index contributed by atoms with van der Waals surface area (Å²) < 4.78 is 17.1. The zero-order valence-electron chi connectivity index (χ0n) is 15.0. The van der Waals surface area contributed by atoms with Gasteiger partial charge in [-0.05, 0) is 36.1 Å². The molecule has 4 rings (SSSR count). The van der Waals surface area contributed by atoms with Gasteiger partial charge in [-0.15, -0.1) is 0 Å². The quantitative estimate of drug-likeness (QED) is 0.889. The minimum absolute atomic E-state index is 0.130. The van der Waals surface area contributed by atoms with E-state index in [0.717, 1.165) is 31.4 Å². The van der Waals surface area contributed by atoms with Gasteiger partial charge in [-0.25, -0.2) is 4.79 Å². The highest BCUT2D eigenvalue weighted by atomic mass is 16.7. The molecule has 1 atom stereocenters. The topological polar surface area (TPSA) is 77.1 Å². The molecule has 2 saturated heterocycles. The summed E-state index contributed by atoms with van der Waals surface area (Å²) in [5, 5.41) is 2.70. The van der Waals surface area contributed by atoms with E-state index in [1.165, 1.54) is 18.1 Å². The largest absolute Gasteiger partial charge is 0.442 e. The van der Waals surface area contributed by atoms with Crippen molar-refractivity contribution in [2.45, 2.75) is 44.5 Å². The molecular formula is C19H24N2O5. The van der Waals surface area contributed by atoms with Crippen molar-refractivity contribution in [1.82, 2.24) is 5.32 Å². The Morgan fingerprint density at radius 3 is 2.69 bits per heavy atom. The third-order valence-electron chi connectivity index (χ3n) is 5.32. The third-order valence-corrected chi connectivity index (χ3v) is 5.32. The van der Waals surface area contributed by atoms with Crippen molar-refractivity contribution in [2.75, 3.05) is 31.2 Å². The highest BCUT2D eigenvalue weighted by Crippen LogP contribution is 2.36. The van der Waals surface area contributed by atoms with E-state index in [-0.39, 0.29) is 18.1 Å². The summed E-state index contributed by atoms with van der Waals surface area (Å²) in [6.45, 7) is 3.55. The van der Waals surface area contributed by atoms with Crippen LogP contribution in [-0.2, 0) is 31.8 Å². The van der Waals surface area contributed by atoms with E-state index in [0.29, 0.717) is 26.3 Å². The Morgan fingerprint density at radius 2 is 1.96 bits per heavy atom. The van der Waals surface area contributed by atoms with Crippen molar-refractivity contribution in [2.24, 2.45) is 0 Å². The second-order valence-corrected chi connectivity index (χ2v) is 7.11. The molecule has 0 unspecified atom stereocenters. The van der Waals surface area contributed by atoms with E-state index < -0.39 is 5.79 Å². The monoisotopic (exact) mass is 360 g/mol. The highest BCUT2D eigenvalue weighted by Gasteiger charge is 2.38. The van der Waals surface area contributed by atoms with Crippen molar-refractivity contribution < 1.29 is 23.8 Å². The fourth-order valence-electron chi connectivity index (χ4n) is 3.91. The molecule has 1 aromatic carbocycles.